The average Bonchev–Trinajstić information content (AvgIpc) is 2.80. The van der Waals surface area contributed by atoms with Crippen molar-refractivity contribution in [3.63, 3.8) is 0 Å². The van der Waals surface area contributed by atoms with Crippen molar-refractivity contribution in [2.45, 2.75) is 104 Å². The second-order valence-electron chi connectivity index (χ2n) is 9.63. The van der Waals surface area contributed by atoms with Crippen LogP contribution in [0.4, 0.5) is 0 Å². The van der Waals surface area contributed by atoms with Gasteiger partial charge in [0.25, 0.3) is 0 Å². The molecule has 0 aromatic carbocycles. The molecule has 0 saturated heterocycles. The lowest BCUT2D eigenvalue weighted by atomic mass is 10.0. The lowest BCUT2D eigenvalue weighted by Crippen LogP contribution is -2.51. The molecule has 0 aliphatic carbocycles. The van der Waals surface area contributed by atoms with Crippen LogP contribution in [-0.4, -0.2) is 60.0 Å². The molecule has 204 valence electrons. The van der Waals surface area contributed by atoms with E-state index in [-0.39, 0.29) is 60.8 Å². The molecule has 0 bridgehead atoms. The summed E-state index contributed by atoms with van der Waals surface area (Å²) >= 11 is 0. The molecular weight excluding hydrogens is 466 g/mol. The Morgan fingerprint density at radius 3 is 1.67 bits per heavy atom. The predicted molar refractivity (Wildman–Crippen MR) is 135 cm³/mol. The van der Waals surface area contributed by atoms with Gasteiger partial charge in [-0.1, -0.05) is 13.8 Å². The van der Waals surface area contributed by atoms with E-state index in [1.807, 2.05) is 0 Å². The minimum absolute atomic E-state index is 0.0288. The van der Waals surface area contributed by atoms with Crippen LogP contribution in [0.3, 0.4) is 0 Å². The van der Waals surface area contributed by atoms with E-state index >= 15 is 0 Å². The van der Waals surface area contributed by atoms with E-state index in [0.29, 0.717) is 44.9 Å². The number of ketones is 3. The van der Waals surface area contributed by atoms with E-state index in [4.69, 9.17) is 0 Å². The fraction of sp³-hybridized carbons (Fsp3) is 0.731. The first-order chi connectivity index (χ1) is 16.9. The number of carbonyl (C=O) groups excluding carboxylic acids is 7. The van der Waals surface area contributed by atoms with Crippen LogP contribution in [0.25, 0.3) is 0 Å². The zero-order valence-corrected chi connectivity index (χ0v) is 22.3. The fourth-order valence-electron chi connectivity index (χ4n) is 3.43. The molecule has 4 atom stereocenters. The smallest absolute Gasteiger partial charge is 0.242 e. The molecule has 0 aliphatic heterocycles. The largest absolute Gasteiger partial charge is 0.356 e. The van der Waals surface area contributed by atoms with Gasteiger partial charge in [0.1, 0.15) is 29.7 Å². The van der Waals surface area contributed by atoms with Crippen molar-refractivity contribution in [1.82, 2.24) is 16.0 Å². The van der Waals surface area contributed by atoms with Gasteiger partial charge in [0, 0.05) is 50.1 Å². The molecule has 0 rings (SSSR count). The van der Waals surface area contributed by atoms with Crippen molar-refractivity contribution in [2.75, 3.05) is 6.54 Å². The molecule has 3 N–H and O–H groups in total. The predicted octanol–water partition coefficient (Wildman–Crippen LogP) is 1.82. The van der Waals surface area contributed by atoms with Gasteiger partial charge in [-0.25, -0.2) is 0 Å². The normalized spacial score (nSPS) is 14.0. The van der Waals surface area contributed by atoms with Gasteiger partial charge in [0.05, 0.1) is 0 Å². The molecule has 4 unspecified atom stereocenters. The Bertz CT molecular complexity index is 781. The molecule has 0 spiro atoms. The molecule has 0 aliphatic rings. The van der Waals surface area contributed by atoms with Crippen molar-refractivity contribution in [3.05, 3.63) is 0 Å². The highest BCUT2D eigenvalue weighted by Crippen LogP contribution is 2.10. The highest BCUT2D eigenvalue weighted by molar-refractivity contribution is 5.89. The highest BCUT2D eigenvalue weighted by Gasteiger charge is 2.25. The van der Waals surface area contributed by atoms with Gasteiger partial charge in [-0.2, -0.15) is 0 Å². The Balaban J connectivity index is 4.90. The Labute approximate surface area is 214 Å². The zero-order valence-electron chi connectivity index (χ0n) is 22.3. The van der Waals surface area contributed by atoms with Gasteiger partial charge >= 0.3 is 0 Å². The van der Waals surface area contributed by atoms with Crippen LogP contribution in [0, 0.1) is 11.8 Å². The Morgan fingerprint density at radius 1 is 0.667 bits per heavy atom. The maximum absolute atomic E-state index is 12.9. The average molecular weight is 510 g/mol. The monoisotopic (exact) mass is 509 g/mol. The molecule has 0 radical (unpaired) electrons. The molecule has 3 amide bonds. The Kier molecular flexibility index (Phi) is 16.9. The number of amides is 3. The summed E-state index contributed by atoms with van der Waals surface area (Å²) < 4.78 is 0. The van der Waals surface area contributed by atoms with Crippen LogP contribution in [-0.2, 0) is 33.6 Å². The number of hydrogen-bond acceptors (Lipinski definition) is 7. The van der Waals surface area contributed by atoms with Crippen molar-refractivity contribution < 1.29 is 33.6 Å². The summed E-state index contributed by atoms with van der Waals surface area (Å²) in [5, 5.41) is 8.25. The summed E-state index contributed by atoms with van der Waals surface area (Å²) in [6, 6.07) is -1.44. The molecule has 0 aromatic heterocycles. The standard InChI is InChI=1S/C26H43N3O7/c1-17(8-10-19(3)31)24(34)27-15-6-7-22(14-16-30)28-26(36)23(13-12-21(5)33)29-25(35)18(2)9-11-20(4)32/h16-18,22-23H,6-15H2,1-5H3,(H,27,34)(H,28,36)(H,29,35). The number of carbonyl (C=O) groups is 7. The summed E-state index contributed by atoms with van der Waals surface area (Å²) in [6.07, 6.45) is 3.36. The van der Waals surface area contributed by atoms with Gasteiger partial charge in [-0.15, -0.1) is 0 Å². The molecule has 0 heterocycles. The van der Waals surface area contributed by atoms with E-state index in [0.717, 1.165) is 0 Å². The van der Waals surface area contributed by atoms with Crippen LogP contribution in [0.5, 0.6) is 0 Å². The third-order valence-corrected chi connectivity index (χ3v) is 5.93. The maximum Gasteiger partial charge on any atom is 0.242 e. The topological polar surface area (TPSA) is 156 Å². The SMILES string of the molecule is CC(=O)CCC(C)C(=O)NCCCC(CC=O)NC(=O)C(CCC(C)=O)NC(=O)C(C)CCC(C)=O. The quantitative estimate of drug-likeness (QED) is 0.167. The number of Topliss-reactive ketones (excluding diaryl/α,β-unsaturated/α-hetero) is 3. The summed E-state index contributed by atoms with van der Waals surface area (Å²) in [6.45, 7) is 8.11. The summed E-state index contributed by atoms with van der Waals surface area (Å²) in [4.78, 5) is 82.5. The van der Waals surface area contributed by atoms with Gasteiger partial charge in [0.2, 0.25) is 17.7 Å². The van der Waals surface area contributed by atoms with Gasteiger partial charge in [-0.05, 0) is 52.9 Å². The van der Waals surface area contributed by atoms with Gasteiger partial charge in [-0.3, -0.25) is 14.4 Å². The van der Waals surface area contributed by atoms with E-state index in [9.17, 15) is 33.6 Å². The third kappa shape index (κ3) is 15.9. The van der Waals surface area contributed by atoms with E-state index in [1.54, 1.807) is 13.8 Å². The second-order valence-corrected chi connectivity index (χ2v) is 9.63. The lowest BCUT2D eigenvalue weighted by Gasteiger charge is -2.24. The number of nitrogens with one attached hydrogen (secondary N) is 3. The van der Waals surface area contributed by atoms with Crippen LogP contribution in [0.15, 0.2) is 0 Å². The molecule has 10 nitrogen and oxygen atoms in total. The zero-order chi connectivity index (χ0) is 27.7. The van der Waals surface area contributed by atoms with Gasteiger partial charge < -0.3 is 35.1 Å². The van der Waals surface area contributed by atoms with E-state index in [2.05, 4.69) is 16.0 Å². The first-order valence-corrected chi connectivity index (χ1v) is 12.7. The van der Waals surface area contributed by atoms with E-state index in [1.165, 1.54) is 20.8 Å². The molecule has 0 fully saturated rings. The molecule has 36 heavy (non-hydrogen) atoms. The first kappa shape index (κ1) is 33.1. The van der Waals surface area contributed by atoms with Crippen molar-refractivity contribution in [1.29, 1.82) is 0 Å². The van der Waals surface area contributed by atoms with E-state index < -0.39 is 23.9 Å². The third-order valence-electron chi connectivity index (χ3n) is 5.93. The molecule has 10 heteroatoms. The van der Waals surface area contributed by atoms with Crippen LogP contribution in [0.1, 0.15) is 92.4 Å². The minimum Gasteiger partial charge on any atom is -0.356 e. The van der Waals surface area contributed by atoms with Crippen LogP contribution < -0.4 is 16.0 Å². The molecule has 0 aromatic rings. The van der Waals surface area contributed by atoms with Crippen molar-refractivity contribution in [3.8, 4) is 0 Å². The molecule has 0 saturated carbocycles. The second kappa shape index (κ2) is 18.4. The van der Waals surface area contributed by atoms with Crippen LogP contribution >= 0.6 is 0 Å². The summed E-state index contributed by atoms with van der Waals surface area (Å²) in [5.41, 5.74) is 0. The Morgan fingerprint density at radius 2 is 1.17 bits per heavy atom. The summed E-state index contributed by atoms with van der Waals surface area (Å²) in [5.74, 6) is -1.91. The van der Waals surface area contributed by atoms with Crippen LogP contribution in [0.2, 0.25) is 0 Å². The minimum atomic E-state index is -0.947. The number of hydrogen-bond donors (Lipinski definition) is 3. The lowest BCUT2D eigenvalue weighted by molar-refractivity contribution is -0.132. The summed E-state index contributed by atoms with van der Waals surface area (Å²) in [7, 11) is 0. The molecular formula is C26H43N3O7. The fourth-order valence-corrected chi connectivity index (χ4v) is 3.43. The first-order valence-electron chi connectivity index (χ1n) is 12.7. The highest BCUT2D eigenvalue weighted by atomic mass is 16.2. The number of aldehydes is 1. The van der Waals surface area contributed by atoms with Gasteiger partial charge in [0.15, 0.2) is 0 Å². The maximum atomic E-state index is 12.9. The number of rotatable bonds is 20. The Hall–Kier alpha value is -2.91. The van der Waals surface area contributed by atoms with Crippen molar-refractivity contribution >= 4 is 41.4 Å². The van der Waals surface area contributed by atoms with Crippen molar-refractivity contribution in [2.24, 2.45) is 11.8 Å².